The summed E-state index contributed by atoms with van der Waals surface area (Å²) in [7, 11) is 0. The maximum absolute atomic E-state index is 12.7. The average Bonchev–Trinajstić information content (AvgIpc) is 3.17. The molecular weight excluding hydrogens is 332 g/mol. The van der Waals surface area contributed by atoms with E-state index in [1.807, 2.05) is 4.90 Å². The number of fused-ring (bicyclic) bond motifs is 2. The Bertz CT molecular complexity index is 777. The van der Waals surface area contributed by atoms with Gasteiger partial charge in [-0.2, -0.15) is 0 Å². The highest BCUT2D eigenvalue weighted by atomic mass is 35.5. The number of aromatic amines is 1. The van der Waals surface area contributed by atoms with E-state index >= 15 is 0 Å². The summed E-state index contributed by atoms with van der Waals surface area (Å²) in [5.41, 5.74) is 0.835. The second kappa shape index (κ2) is 6.41. The summed E-state index contributed by atoms with van der Waals surface area (Å²) in [5, 5.41) is 15.3. The largest absolute Gasteiger partial charge is 0.345 e. The number of para-hydroxylation sites is 1. The highest BCUT2D eigenvalue weighted by Crippen LogP contribution is 2.29. The zero-order valence-electron chi connectivity index (χ0n) is 13.0. The van der Waals surface area contributed by atoms with Crippen molar-refractivity contribution in [3.8, 4) is 0 Å². The number of hydrogen-bond acceptors (Lipinski definition) is 4. The van der Waals surface area contributed by atoms with Gasteiger partial charge >= 0.3 is 0 Å². The lowest BCUT2D eigenvalue weighted by Crippen LogP contribution is -2.41. The Morgan fingerprint density at radius 2 is 2.17 bits per heavy atom. The molecule has 2 aliphatic rings. The number of carbonyl (C=O) groups excluding carboxylic acids is 1. The van der Waals surface area contributed by atoms with Gasteiger partial charge in [0.2, 0.25) is 0 Å². The number of carbonyl (C=O) groups is 1. The van der Waals surface area contributed by atoms with Crippen molar-refractivity contribution in [2.24, 2.45) is 5.92 Å². The molecule has 0 spiro atoms. The van der Waals surface area contributed by atoms with Crippen LogP contribution in [0.2, 0.25) is 0 Å². The number of piperidine rings is 1. The fourth-order valence-corrected chi connectivity index (χ4v) is 3.79. The van der Waals surface area contributed by atoms with Crippen molar-refractivity contribution >= 4 is 34.9 Å². The van der Waals surface area contributed by atoms with E-state index < -0.39 is 4.92 Å². The van der Waals surface area contributed by atoms with Gasteiger partial charge in [0.25, 0.3) is 11.6 Å². The maximum atomic E-state index is 12.7. The number of nitro groups is 1. The van der Waals surface area contributed by atoms with Crippen LogP contribution in [0.5, 0.6) is 0 Å². The predicted octanol–water partition coefficient (Wildman–Crippen LogP) is 2.32. The van der Waals surface area contributed by atoms with Crippen molar-refractivity contribution in [2.75, 3.05) is 19.6 Å². The molecular formula is C16H19ClN4O3. The molecule has 24 heavy (non-hydrogen) atoms. The number of H-pyrrole nitrogens is 1. The van der Waals surface area contributed by atoms with Gasteiger partial charge in [-0.1, -0.05) is 12.1 Å². The molecule has 2 aromatic rings. The Hall–Kier alpha value is -2.12. The van der Waals surface area contributed by atoms with Crippen molar-refractivity contribution in [1.82, 2.24) is 15.2 Å². The summed E-state index contributed by atoms with van der Waals surface area (Å²) in [6.45, 7) is 2.48. The monoisotopic (exact) mass is 350 g/mol. The van der Waals surface area contributed by atoms with Gasteiger partial charge in [0, 0.05) is 30.6 Å². The van der Waals surface area contributed by atoms with Crippen molar-refractivity contribution in [2.45, 2.75) is 18.9 Å². The summed E-state index contributed by atoms with van der Waals surface area (Å²) in [5.74, 6) is 0.443. The minimum absolute atomic E-state index is 0. The summed E-state index contributed by atoms with van der Waals surface area (Å²) >= 11 is 0. The Balaban J connectivity index is 0.00000169. The van der Waals surface area contributed by atoms with Gasteiger partial charge in [0.05, 0.1) is 4.92 Å². The Kier molecular flexibility index (Phi) is 4.47. The zero-order chi connectivity index (χ0) is 16.0. The van der Waals surface area contributed by atoms with E-state index in [1.54, 1.807) is 18.2 Å². The third kappa shape index (κ3) is 2.74. The first-order chi connectivity index (χ1) is 11.1. The van der Waals surface area contributed by atoms with Gasteiger partial charge < -0.3 is 15.2 Å². The number of non-ortho nitro benzene ring substituents is 1. The molecule has 1 amide bonds. The van der Waals surface area contributed by atoms with Crippen LogP contribution in [0.3, 0.4) is 0 Å². The van der Waals surface area contributed by atoms with E-state index in [4.69, 9.17) is 0 Å². The SMILES string of the molecule is Cl.O=C(c1cc2cccc([N+](=O)[O-])c2[nH]1)N1C[C@H]2CCCN[C@H]2C1. The van der Waals surface area contributed by atoms with Crippen LogP contribution in [0.4, 0.5) is 5.69 Å². The summed E-state index contributed by atoms with van der Waals surface area (Å²) in [4.78, 5) is 28.2. The molecule has 3 heterocycles. The van der Waals surface area contributed by atoms with Gasteiger partial charge in [-0.15, -0.1) is 12.4 Å². The molecule has 7 nitrogen and oxygen atoms in total. The topological polar surface area (TPSA) is 91.3 Å². The number of amides is 1. The molecule has 2 aliphatic heterocycles. The molecule has 2 atom stereocenters. The van der Waals surface area contributed by atoms with Crippen LogP contribution in [0.25, 0.3) is 10.9 Å². The van der Waals surface area contributed by atoms with Gasteiger partial charge in [-0.05, 0) is 31.4 Å². The van der Waals surface area contributed by atoms with Crippen LogP contribution < -0.4 is 5.32 Å². The van der Waals surface area contributed by atoms with Crippen molar-refractivity contribution in [1.29, 1.82) is 0 Å². The third-order valence-electron chi connectivity index (χ3n) is 4.95. The second-order valence-corrected chi connectivity index (χ2v) is 6.35. The molecule has 1 aromatic carbocycles. The van der Waals surface area contributed by atoms with Crippen LogP contribution >= 0.6 is 12.4 Å². The third-order valence-corrected chi connectivity index (χ3v) is 4.95. The van der Waals surface area contributed by atoms with Gasteiger partial charge in [-0.25, -0.2) is 0 Å². The lowest BCUT2D eigenvalue weighted by molar-refractivity contribution is -0.383. The molecule has 0 radical (unpaired) electrons. The average molecular weight is 351 g/mol. The maximum Gasteiger partial charge on any atom is 0.293 e. The molecule has 128 valence electrons. The lowest BCUT2D eigenvalue weighted by atomic mass is 9.94. The minimum Gasteiger partial charge on any atom is -0.345 e. The standard InChI is InChI=1S/C16H18N4O3.ClH/c21-16(19-8-11-4-2-6-17-13(11)9-19)12-7-10-3-1-5-14(20(22)23)15(10)18-12;/h1,3,5,7,11,13,17-18H,2,4,6,8-9H2;1H/t11-,13+;/m1./s1. The van der Waals surface area contributed by atoms with E-state index in [0.29, 0.717) is 35.1 Å². The number of aromatic nitrogens is 1. The fraction of sp³-hybridized carbons (Fsp3) is 0.438. The normalized spacial score (nSPS) is 22.9. The number of rotatable bonds is 2. The Labute approximate surface area is 145 Å². The van der Waals surface area contributed by atoms with Crippen molar-refractivity contribution in [3.63, 3.8) is 0 Å². The molecule has 2 saturated heterocycles. The van der Waals surface area contributed by atoms with Crippen molar-refractivity contribution < 1.29 is 9.72 Å². The van der Waals surface area contributed by atoms with Crippen LogP contribution in [0, 0.1) is 16.0 Å². The molecule has 0 aliphatic carbocycles. The predicted molar refractivity (Wildman–Crippen MR) is 92.6 cm³/mol. The second-order valence-electron chi connectivity index (χ2n) is 6.35. The van der Waals surface area contributed by atoms with Gasteiger partial charge in [0.1, 0.15) is 11.2 Å². The van der Waals surface area contributed by atoms with Crippen LogP contribution in [-0.4, -0.2) is 46.4 Å². The summed E-state index contributed by atoms with van der Waals surface area (Å²) in [6, 6.07) is 6.95. The molecule has 0 bridgehead atoms. The van der Waals surface area contributed by atoms with E-state index in [0.717, 1.165) is 25.9 Å². The highest BCUT2D eigenvalue weighted by molar-refractivity contribution is 6.00. The number of nitrogens with zero attached hydrogens (tertiary/aromatic N) is 2. The Morgan fingerprint density at radius 3 is 2.92 bits per heavy atom. The zero-order valence-corrected chi connectivity index (χ0v) is 13.8. The number of hydrogen-bond donors (Lipinski definition) is 2. The molecule has 4 rings (SSSR count). The van der Waals surface area contributed by atoms with Crippen LogP contribution in [0.15, 0.2) is 24.3 Å². The summed E-state index contributed by atoms with van der Waals surface area (Å²) in [6.07, 6.45) is 2.31. The first kappa shape index (κ1) is 16.7. The van der Waals surface area contributed by atoms with Crippen LogP contribution in [0.1, 0.15) is 23.3 Å². The van der Waals surface area contributed by atoms with E-state index in [9.17, 15) is 14.9 Å². The molecule has 0 unspecified atom stereocenters. The van der Waals surface area contributed by atoms with Gasteiger partial charge in [-0.3, -0.25) is 14.9 Å². The van der Waals surface area contributed by atoms with E-state index in [-0.39, 0.29) is 24.0 Å². The van der Waals surface area contributed by atoms with Crippen LogP contribution in [-0.2, 0) is 0 Å². The molecule has 0 saturated carbocycles. The van der Waals surface area contributed by atoms with Crippen molar-refractivity contribution in [3.05, 3.63) is 40.1 Å². The number of halogens is 1. The number of likely N-dealkylation sites (tertiary alicyclic amines) is 1. The smallest absolute Gasteiger partial charge is 0.293 e. The molecule has 8 heteroatoms. The van der Waals surface area contributed by atoms with E-state index in [2.05, 4.69) is 10.3 Å². The first-order valence-corrected chi connectivity index (χ1v) is 7.92. The quantitative estimate of drug-likeness (QED) is 0.642. The molecule has 2 N–H and O–H groups in total. The Morgan fingerprint density at radius 1 is 1.33 bits per heavy atom. The minimum atomic E-state index is -0.429. The lowest BCUT2D eigenvalue weighted by Gasteiger charge is -2.24. The number of nitrogens with one attached hydrogen (secondary N) is 2. The van der Waals surface area contributed by atoms with Gasteiger partial charge in [0.15, 0.2) is 0 Å². The highest BCUT2D eigenvalue weighted by Gasteiger charge is 2.37. The first-order valence-electron chi connectivity index (χ1n) is 7.92. The number of benzene rings is 1. The molecule has 2 fully saturated rings. The molecule has 1 aromatic heterocycles. The fourth-order valence-electron chi connectivity index (χ4n) is 3.79. The number of nitro benzene ring substituents is 1. The summed E-state index contributed by atoms with van der Waals surface area (Å²) < 4.78 is 0. The van der Waals surface area contributed by atoms with E-state index in [1.165, 1.54) is 6.07 Å².